The monoisotopic (exact) mass is 345 g/mol. The van der Waals surface area contributed by atoms with Crippen LogP contribution in [0.15, 0.2) is 18.2 Å². The van der Waals surface area contributed by atoms with Gasteiger partial charge in [0.1, 0.15) is 18.1 Å². The fourth-order valence-corrected chi connectivity index (χ4v) is 4.32. The number of ether oxygens (including phenoxy) is 2. The van der Waals surface area contributed by atoms with E-state index in [-0.39, 0.29) is 23.2 Å². The number of hydrogen-bond donors (Lipinski definition) is 1. The van der Waals surface area contributed by atoms with Crippen LogP contribution in [-0.4, -0.2) is 48.7 Å². The molecule has 1 spiro atoms. The predicted octanol–water partition coefficient (Wildman–Crippen LogP) is 1.96. The van der Waals surface area contributed by atoms with Crippen LogP contribution in [0.3, 0.4) is 0 Å². The largest absolute Gasteiger partial charge is 0.497 e. The van der Waals surface area contributed by atoms with Crippen molar-refractivity contribution < 1.29 is 24.2 Å². The first-order chi connectivity index (χ1) is 12.0. The molecule has 0 bridgehead atoms. The summed E-state index contributed by atoms with van der Waals surface area (Å²) in [6.07, 6.45) is 3.05. The van der Waals surface area contributed by atoms with Gasteiger partial charge in [0.25, 0.3) is 0 Å². The molecule has 25 heavy (non-hydrogen) atoms. The minimum absolute atomic E-state index is 0.0468. The number of amides is 1. The molecule has 4 rings (SSSR count). The maximum atomic E-state index is 12.8. The van der Waals surface area contributed by atoms with Crippen molar-refractivity contribution in [1.82, 2.24) is 4.90 Å². The highest BCUT2D eigenvalue weighted by atomic mass is 16.5. The highest BCUT2D eigenvalue weighted by Gasteiger charge is 2.59. The van der Waals surface area contributed by atoms with Gasteiger partial charge >= 0.3 is 5.97 Å². The second kappa shape index (κ2) is 5.93. The van der Waals surface area contributed by atoms with Gasteiger partial charge < -0.3 is 19.5 Å². The van der Waals surface area contributed by atoms with Gasteiger partial charge in [0.05, 0.1) is 18.9 Å². The number of rotatable bonds is 3. The average molecular weight is 345 g/mol. The lowest BCUT2D eigenvalue weighted by Crippen LogP contribution is -2.45. The predicted molar refractivity (Wildman–Crippen MR) is 89.7 cm³/mol. The summed E-state index contributed by atoms with van der Waals surface area (Å²) < 4.78 is 11.0. The summed E-state index contributed by atoms with van der Waals surface area (Å²) in [4.78, 5) is 25.9. The van der Waals surface area contributed by atoms with Crippen LogP contribution in [0, 0.1) is 17.3 Å². The van der Waals surface area contributed by atoms with Gasteiger partial charge in [0.2, 0.25) is 5.91 Å². The Balaban J connectivity index is 1.37. The standard InChI is InChI=1S/C19H23NO5/c1-24-14-3-2-12-8-13(11-25-16(12)9-14)17(21)20-6-4-19(5-7-20)10-15(19)18(22)23/h2-3,9,13,15H,4-8,10-11H2,1H3,(H,22,23). The van der Waals surface area contributed by atoms with E-state index in [1.54, 1.807) is 7.11 Å². The molecule has 1 saturated heterocycles. The molecule has 2 atom stereocenters. The number of carboxylic acids is 1. The number of carbonyl (C=O) groups is 2. The highest BCUT2D eigenvalue weighted by molar-refractivity contribution is 5.80. The lowest BCUT2D eigenvalue weighted by Gasteiger charge is -2.36. The van der Waals surface area contributed by atoms with E-state index in [1.165, 1.54) is 0 Å². The molecular weight excluding hydrogens is 322 g/mol. The van der Waals surface area contributed by atoms with E-state index in [2.05, 4.69) is 0 Å². The summed E-state index contributed by atoms with van der Waals surface area (Å²) >= 11 is 0. The van der Waals surface area contributed by atoms with Crippen molar-refractivity contribution in [3.8, 4) is 11.5 Å². The molecule has 2 unspecified atom stereocenters. The molecule has 0 aromatic heterocycles. The molecule has 2 aliphatic heterocycles. The van der Waals surface area contributed by atoms with Gasteiger partial charge in [-0.15, -0.1) is 0 Å². The maximum absolute atomic E-state index is 12.8. The van der Waals surface area contributed by atoms with Crippen LogP contribution >= 0.6 is 0 Å². The van der Waals surface area contributed by atoms with Gasteiger partial charge in [-0.2, -0.15) is 0 Å². The number of benzene rings is 1. The molecule has 6 nitrogen and oxygen atoms in total. The lowest BCUT2D eigenvalue weighted by atomic mass is 9.89. The van der Waals surface area contributed by atoms with E-state index in [0.29, 0.717) is 26.1 Å². The second-order valence-corrected chi connectivity index (χ2v) is 7.47. The Hall–Kier alpha value is -2.24. The molecule has 1 aliphatic carbocycles. The first kappa shape index (κ1) is 16.2. The molecule has 1 amide bonds. The minimum Gasteiger partial charge on any atom is -0.497 e. The SMILES string of the molecule is COc1ccc2c(c1)OCC(C(=O)N1CCC3(CC1)CC3C(=O)O)C2. The van der Waals surface area contributed by atoms with Crippen molar-refractivity contribution in [1.29, 1.82) is 0 Å². The van der Waals surface area contributed by atoms with Crippen molar-refractivity contribution >= 4 is 11.9 Å². The zero-order valence-electron chi connectivity index (χ0n) is 14.4. The molecule has 134 valence electrons. The molecule has 2 fully saturated rings. The van der Waals surface area contributed by atoms with E-state index < -0.39 is 5.97 Å². The quantitative estimate of drug-likeness (QED) is 0.906. The van der Waals surface area contributed by atoms with Gasteiger partial charge in [-0.1, -0.05) is 6.07 Å². The number of methoxy groups -OCH3 is 1. The number of carboxylic acid groups (broad SMARTS) is 1. The van der Waals surface area contributed by atoms with Gasteiger partial charge in [-0.05, 0) is 42.7 Å². The van der Waals surface area contributed by atoms with Crippen LogP contribution in [0.5, 0.6) is 11.5 Å². The van der Waals surface area contributed by atoms with E-state index in [4.69, 9.17) is 9.47 Å². The Labute approximate surface area is 146 Å². The van der Waals surface area contributed by atoms with Crippen molar-refractivity contribution in [2.45, 2.75) is 25.7 Å². The van der Waals surface area contributed by atoms with Crippen LogP contribution < -0.4 is 9.47 Å². The summed E-state index contributed by atoms with van der Waals surface area (Å²) in [5, 5.41) is 9.17. The van der Waals surface area contributed by atoms with Gasteiger partial charge in [-0.3, -0.25) is 9.59 Å². The maximum Gasteiger partial charge on any atom is 0.307 e. The molecule has 1 N–H and O–H groups in total. The number of aliphatic carboxylic acids is 1. The average Bonchev–Trinajstić information content (AvgIpc) is 3.34. The van der Waals surface area contributed by atoms with Crippen LogP contribution in [0.2, 0.25) is 0 Å². The third kappa shape index (κ3) is 2.83. The Morgan fingerprint density at radius 3 is 2.72 bits per heavy atom. The number of likely N-dealkylation sites (tertiary alicyclic amines) is 1. The summed E-state index contributed by atoms with van der Waals surface area (Å²) in [5.41, 5.74) is 0.987. The van der Waals surface area contributed by atoms with Crippen LogP contribution in [0.4, 0.5) is 0 Å². The molecule has 2 heterocycles. The Bertz CT molecular complexity index is 708. The second-order valence-electron chi connectivity index (χ2n) is 7.47. The zero-order chi connectivity index (χ0) is 17.6. The summed E-state index contributed by atoms with van der Waals surface area (Å²) in [6, 6.07) is 5.71. The van der Waals surface area contributed by atoms with Crippen LogP contribution in [0.1, 0.15) is 24.8 Å². The van der Waals surface area contributed by atoms with Gasteiger partial charge in [0.15, 0.2) is 0 Å². The highest BCUT2D eigenvalue weighted by Crippen LogP contribution is 2.59. The third-order valence-corrected chi connectivity index (χ3v) is 6.09. The number of nitrogens with zero attached hydrogens (tertiary/aromatic N) is 1. The Morgan fingerprint density at radius 1 is 1.32 bits per heavy atom. The molecule has 3 aliphatic rings. The number of piperidine rings is 1. The first-order valence-corrected chi connectivity index (χ1v) is 8.84. The van der Waals surface area contributed by atoms with Crippen molar-refractivity contribution in [2.24, 2.45) is 17.3 Å². The Kier molecular flexibility index (Phi) is 3.85. The van der Waals surface area contributed by atoms with E-state index in [0.717, 1.165) is 36.3 Å². The molecule has 1 aromatic carbocycles. The van der Waals surface area contributed by atoms with E-state index in [9.17, 15) is 14.7 Å². The molecule has 1 saturated carbocycles. The van der Waals surface area contributed by atoms with E-state index >= 15 is 0 Å². The summed E-state index contributed by atoms with van der Waals surface area (Å²) in [7, 11) is 1.62. The van der Waals surface area contributed by atoms with Crippen molar-refractivity contribution in [3.05, 3.63) is 23.8 Å². The van der Waals surface area contributed by atoms with Gasteiger partial charge in [-0.25, -0.2) is 0 Å². The van der Waals surface area contributed by atoms with Crippen LogP contribution in [-0.2, 0) is 16.0 Å². The minimum atomic E-state index is -0.688. The van der Waals surface area contributed by atoms with Crippen LogP contribution in [0.25, 0.3) is 0 Å². The van der Waals surface area contributed by atoms with Crippen molar-refractivity contribution in [3.63, 3.8) is 0 Å². The fraction of sp³-hybridized carbons (Fsp3) is 0.579. The third-order valence-electron chi connectivity index (χ3n) is 6.09. The topological polar surface area (TPSA) is 76.1 Å². The number of hydrogen-bond acceptors (Lipinski definition) is 4. The zero-order valence-corrected chi connectivity index (χ0v) is 14.4. The molecule has 6 heteroatoms. The van der Waals surface area contributed by atoms with Gasteiger partial charge in [0, 0.05) is 19.2 Å². The normalized spacial score (nSPS) is 26.5. The number of carbonyl (C=O) groups excluding carboxylic acids is 1. The first-order valence-electron chi connectivity index (χ1n) is 8.84. The molecule has 1 aromatic rings. The number of fused-ring (bicyclic) bond motifs is 1. The smallest absolute Gasteiger partial charge is 0.307 e. The summed E-state index contributed by atoms with van der Waals surface area (Å²) in [6.45, 7) is 1.71. The lowest BCUT2D eigenvalue weighted by molar-refractivity contribution is -0.140. The van der Waals surface area contributed by atoms with Crippen molar-refractivity contribution in [2.75, 3.05) is 26.8 Å². The molecular formula is C19H23NO5. The fourth-order valence-electron chi connectivity index (χ4n) is 4.32. The molecule has 0 radical (unpaired) electrons. The Morgan fingerprint density at radius 2 is 2.08 bits per heavy atom. The summed E-state index contributed by atoms with van der Waals surface area (Å²) in [5.74, 6) is 0.621. The van der Waals surface area contributed by atoms with E-state index in [1.807, 2.05) is 23.1 Å².